The summed E-state index contributed by atoms with van der Waals surface area (Å²) in [5.41, 5.74) is 0.960. The van der Waals surface area contributed by atoms with Crippen LogP contribution in [0.1, 0.15) is 17.2 Å². The summed E-state index contributed by atoms with van der Waals surface area (Å²) < 4.78 is 24.7. The van der Waals surface area contributed by atoms with E-state index in [4.69, 9.17) is 0 Å². The molecule has 0 aliphatic carbocycles. The Kier molecular flexibility index (Phi) is 3.96. The van der Waals surface area contributed by atoms with Gasteiger partial charge in [0.25, 0.3) is 0 Å². The molecule has 0 N–H and O–H groups in total. The number of aryl methyl sites for hydroxylation is 1. The maximum atomic E-state index is 11.5. The van der Waals surface area contributed by atoms with Crippen LogP contribution in [0.25, 0.3) is 5.82 Å². The van der Waals surface area contributed by atoms with Gasteiger partial charge in [-0.05, 0) is 36.8 Å². The number of hydrogen-bond acceptors (Lipinski definition) is 5. The zero-order valence-electron chi connectivity index (χ0n) is 12.8. The van der Waals surface area contributed by atoms with Gasteiger partial charge in [-0.25, -0.2) is 18.4 Å². The molecule has 0 amide bonds. The molecule has 1 aromatic carbocycles. The third-order valence-corrected chi connectivity index (χ3v) is 4.49. The van der Waals surface area contributed by atoms with Crippen molar-refractivity contribution < 1.29 is 8.42 Å². The molecule has 0 radical (unpaired) electrons. The SMILES string of the molecule is Cc1nc(Cc2ccc(S(C)(=O)=O)cc2)n(-c2ccccn2)n1. The highest BCUT2D eigenvalue weighted by atomic mass is 32.2. The van der Waals surface area contributed by atoms with E-state index in [0.29, 0.717) is 23.0 Å². The summed E-state index contributed by atoms with van der Waals surface area (Å²) in [7, 11) is -3.18. The van der Waals surface area contributed by atoms with Crippen molar-refractivity contribution in [1.29, 1.82) is 0 Å². The van der Waals surface area contributed by atoms with Gasteiger partial charge in [0.15, 0.2) is 15.7 Å². The highest BCUT2D eigenvalue weighted by Crippen LogP contribution is 2.15. The van der Waals surface area contributed by atoms with Gasteiger partial charge in [-0.1, -0.05) is 18.2 Å². The molecule has 2 heterocycles. The number of pyridine rings is 1. The third kappa shape index (κ3) is 3.45. The minimum atomic E-state index is -3.18. The Balaban J connectivity index is 1.92. The molecule has 0 atom stereocenters. The lowest BCUT2D eigenvalue weighted by Gasteiger charge is -2.05. The van der Waals surface area contributed by atoms with E-state index < -0.39 is 9.84 Å². The lowest BCUT2D eigenvalue weighted by atomic mass is 10.1. The first kappa shape index (κ1) is 15.4. The number of sulfone groups is 1. The van der Waals surface area contributed by atoms with Gasteiger partial charge in [0, 0.05) is 18.9 Å². The highest BCUT2D eigenvalue weighted by Gasteiger charge is 2.12. The molecule has 118 valence electrons. The van der Waals surface area contributed by atoms with Crippen LogP contribution in [-0.4, -0.2) is 34.4 Å². The Morgan fingerprint density at radius 3 is 2.43 bits per heavy atom. The van der Waals surface area contributed by atoms with E-state index in [-0.39, 0.29) is 0 Å². The summed E-state index contributed by atoms with van der Waals surface area (Å²) >= 11 is 0. The first-order chi connectivity index (χ1) is 10.9. The predicted molar refractivity (Wildman–Crippen MR) is 86.2 cm³/mol. The van der Waals surface area contributed by atoms with Gasteiger partial charge in [0.1, 0.15) is 11.6 Å². The van der Waals surface area contributed by atoms with Crippen LogP contribution in [0.4, 0.5) is 0 Å². The average molecular weight is 328 g/mol. The average Bonchev–Trinajstić information content (AvgIpc) is 2.88. The van der Waals surface area contributed by atoms with Gasteiger partial charge < -0.3 is 0 Å². The second kappa shape index (κ2) is 5.92. The lowest BCUT2D eigenvalue weighted by Crippen LogP contribution is -2.06. The standard InChI is InChI=1S/C16H16N4O2S/c1-12-18-16(20(19-12)15-5-3-4-10-17-15)11-13-6-8-14(9-7-13)23(2,21)22/h3-10H,11H2,1-2H3. The van der Waals surface area contributed by atoms with Gasteiger partial charge >= 0.3 is 0 Å². The van der Waals surface area contributed by atoms with E-state index in [2.05, 4.69) is 15.1 Å². The molecule has 0 saturated heterocycles. The van der Waals surface area contributed by atoms with Crippen molar-refractivity contribution in [2.75, 3.05) is 6.26 Å². The maximum absolute atomic E-state index is 11.5. The Hall–Kier alpha value is -2.54. The summed E-state index contributed by atoms with van der Waals surface area (Å²) in [6, 6.07) is 12.4. The van der Waals surface area contributed by atoms with Gasteiger partial charge in [-0.3, -0.25) is 0 Å². The minimum absolute atomic E-state index is 0.309. The number of benzene rings is 1. The van der Waals surface area contributed by atoms with Crippen LogP contribution in [0.15, 0.2) is 53.6 Å². The van der Waals surface area contributed by atoms with E-state index in [0.717, 1.165) is 11.4 Å². The monoisotopic (exact) mass is 328 g/mol. The summed E-state index contributed by atoms with van der Waals surface area (Å²) in [4.78, 5) is 9.05. The van der Waals surface area contributed by atoms with Gasteiger partial charge in [0.05, 0.1) is 4.90 Å². The van der Waals surface area contributed by atoms with Crippen LogP contribution < -0.4 is 0 Å². The number of aromatic nitrogens is 4. The Bertz CT molecular complexity index is 916. The normalized spacial score (nSPS) is 11.6. The van der Waals surface area contributed by atoms with Crippen LogP contribution in [0.3, 0.4) is 0 Å². The fourth-order valence-corrected chi connectivity index (χ4v) is 2.90. The van der Waals surface area contributed by atoms with Crippen molar-refractivity contribution in [3.05, 3.63) is 65.9 Å². The summed E-state index contributed by atoms with van der Waals surface area (Å²) in [6.45, 7) is 1.83. The molecule has 2 aromatic heterocycles. The minimum Gasteiger partial charge on any atom is -0.237 e. The molecule has 0 fully saturated rings. The molecule has 6 nitrogen and oxygen atoms in total. The summed E-state index contributed by atoms with van der Waals surface area (Å²) in [5.74, 6) is 2.13. The van der Waals surface area contributed by atoms with Crippen LogP contribution in [-0.2, 0) is 16.3 Å². The van der Waals surface area contributed by atoms with E-state index >= 15 is 0 Å². The fraction of sp³-hybridized carbons (Fsp3) is 0.188. The first-order valence-electron chi connectivity index (χ1n) is 7.06. The lowest BCUT2D eigenvalue weighted by molar-refractivity contribution is 0.602. The summed E-state index contributed by atoms with van der Waals surface area (Å²) in [5, 5.41) is 4.38. The molecule has 3 rings (SSSR count). The maximum Gasteiger partial charge on any atom is 0.175 e. The van der Waals surface area contributed by atoms with Crippen molar-refractivity contribution in [2.24, 2.45) is 0 Å². The zero-order valence-corrected chi connectivity index (χ0v) is 13.7. The van der Waals surface area contributed by atoms with Crippen LogP contribution >= 0.6 is 0 Å². The summed E-state index contributed by atoms with van der Waals surface area (Å²) in [6.07, 6.45) is 3.45. The van der Waals surface area contributed by atoms with E-state index in [9.17, 15) is 8.42 Å². The number of rotatable bonds is 4. The smallest absolute Gasteiger partial charge is 0.175 e. The van der Waals surface area contributed by atoms with E-state index in [1.165, 1.54) is 6.26 Å². The van der Waals surface area contributed by atoms with Crippen LogP contribution in [0.5, 0.6) is 0 Å². The molecule has 3 aromatic rings. The molecular formula is C16H16N4O2S. The topological polar surface area (TPSA) is 77.7 Å². The molecule has 0 spiro atoms. The Labute approximate surface area is 134 Å². The highest BCUT2D eigenvalue weighted by molar-refractivity contribution is 7.90. The van der Waals surface area contributed by atoms with Crippen molar-refractivity contribution in [1.82, 2.24) is 19.7 Å². The Morgan fingerprint density at radius 1 is 1.09 bits per heavy atom. The van der Waals surface area contributed by atoms with E-state index in [1.54, 1.807) is 35.1 Å². The largest absolute Gasteiger partial charge is 0.237 e. The van der Waals surface area contributed by atoms with Crippen molar-refractivity contribution in [2.45, 2.75) is 18.2 Å². The quantitative estimate of drug-likeness (QED) is 0.731. The van der Waals surface area contributed by atoms with Gasteiger partial charge in [0.2, 0.25) is 0 Å². The van der Waals surface area contributed by atoms with Crippen molar-refractivity contribution >= 4 is 9.84 Å². The Morgan fingerprint density at radius 2 is 1.83 bits per heavy atom. The molecule has 0 aliphatic heterocycles. The molecule has 23 heavy (non-hydrogen) atoms. The molecule has 0 bridgehead atoms. The number of hydrogen-bond donors (Lipinski definition) is 0. The second-order valence-electron chi connectivity index (χ2n) is 5.27. The van der Waals surface area contributed by atoms with Crippen LogP contribution in [0, 0.1) is 6.92 Å². The van der Waals surface area contributed by atoms with Crippen LogP contribution in [0.2, 0.25) is 0 Å². The first-order valence-corrected chi connectivity index (χ1v) is 8.95. The van der Waals surface area contributed by atoms with Gasteiger partial charge in [-0.15, -0.1) is 5.10 Å². The molecule has 0 aliphatic rings. The fourth-order valence-electron chi connectivity index (χ4n) is 2.27. The number of nitrogens with zero attached hydrogens (tertiary/aromatic N) is 4. The third-order valence-electron chi connectivity index (χ3n) is 3.36. The molecule has 7 heteroatoms. The molecule has 0 unspecified atom stereocenters. The van der Waals surface area contributed by atoms with Crippen molar-refractivity contribution in [3.8, 4) is 5.82 Å². The predicted octanol–water partition coefficient (Wildman–Crippen LogP) is 1.97. The molecule has 0 saturated carbocycles. The molecular weight excluding hydrogens is 312 g/mol. The van der Waals surface area contributed by atoms with Gasteiger partial charge in [-0.2, -0.15) is 4.68 Å². The second-order valence-corrected chi connectivity index (χ2v) is 7.28. The zero-order chi connectivity index (χ0) is 16.4. The van der Waals surface area contributed by atoms with Crippen molar-refractivity contribution in [3.63, 3.8) is 0 Å². The van der Waals surface area contributed by atoms with E-state index in [1.807, 2.05) is 25.1 Å².